The van der Waals surface area contributed by atoms with Crippen LogP contribution >= 0.6 is 0 Å². The maximum atomic E-state index is 15.7. The number of Topliss-reactive ketones (excluding diaryl/α,β-unsaturated/α-hetero) is 1. The summed E-state index contributed by atoms with van der Waals surface area (Å²) < 4.78 is 39.3. The Morgan fingerprint density at radius 2 is 0.737 bits per heavy atom. The fourth-order valence-corrected chi connectivity index (χ4v) is 13.4. The lowest BCUT2D eigenvalue weighted by Gasteiger charge is -2.51. The van der Waals surface area contributed by atoms with E-state index in [1.165, 1.54) is 0 Å². The normalized spacial score (nSPS) is 15.8. The molecule has 228 valence electrons. The summed E-state index contributed by atoms with van der Waals surface area (Å²) in [6, 6.07) is 0. The highest BCUT2D eigenvalue weighted by Gasteiger charge is 2.73. The Bertz CT molecular complexity index is 538. The largest absolute Gasteiger partial charge is 0.515 e. The van der Waals surface area contributed by atoms with Crippen LogP contribution in [0.1, 0.15) is 133 Å². The third-order valence-corrected chi connectivity index (χ3v) is 15.7. The predicted octanol–water partition coefficient (Wildman–Crippen LogP) is 8.11. The van der Waals surface area contributed by atoms with Crippen molar-refractivity contribution in [3.8, 4) is 0 Å². The molecule has 0 aromatic rings. The van der Waals surface area contributed by atoms with Crippen LogP contribution in [-0.4, -0.2) is 63.0 Å². The molecule has 0 rings (SSSR count). The molecule has 0 saturated carbocycles. The number of hydrogen-bond donors (Lipinski definition) is 0. The van der Waals surface area contributed by atoms with Crippen molar-refractivity contribution in [3.63, 3.8) is 0 Å². The molecule has 2 atom stereocenters. The maximum Gasteiger partial charge on any atom is 0.515 e. The molecule has 0 amide bonds. The monoisotopic (exact) mass is 578 g/mol. The third-order valence-electron chi connectivity index (χ3n) is 7.67. The Hall–Kier alpha value is -0.136. The summed E-state index contributed by atoms with van der Waals surface area (Å²) in [4.78, 5) is 15.7. The second kappa shape index (κ2) is 19.9. The highest BCUT2D eigenvalue weighted by Crippen LogP contribution is 2.60. The molecule has 9 heteroatoms. The van der Waals surface area contributed by atoms with Gasteiger partial charge in [0.2, 0.25) is 0 Å². The van der Waals surface area contributed by atoms with Crippen molar-refractivity contribution in [2.75, 3.05) is 39.6 Å². The van der Waals surface area contributed by atoms with E-state index in [1.807, 2.05) is 41.5 Å². The molecule has 0 bridgehead atoms. The van der Waals surface area contributed by atoms with E-state index >= 15 is 4.79 Å². The zero-order valence-electron chi connectivity index (χ0n) is 26.7. The van der Waals surface area contributed by atoms with Crippen LogP contribution in [0.5, 0.6) is 0 Å². The zero-order chi connectivity index (χ0) is 29.1. The van der Waals surface area contributed by atoms with E-state index in [2.05, 4.69) is 27.7 Å². The van der Waals surface area contributed by atoms with Gasteiger partial charge in [0.25, 0.3) is 0 Å². The van der Waals surface area contributed by atoms with Crippen LogP contribution in [-0.2, 0) is 31.4 Å². The van der Waals surface area contributed by atoms with Gasteiger partial charge in [-0.25, -0.2) is 0 Å². The fraction of sp³-hybridized carbons (Fsp3) is 0.966. The summed E-state index contributed by atoms with van der Waals surface area (Å²) >= 11 is 0. The average molecular weight is 579 g/mol. The molecule has 2 unspecified atom stereocenters. The van der Waals surface area contributed by atoms with Gasteiger partial charge in [-0.05, 0) is 67.2 Å². The van der Waals surface area contributed by atoms with E-state index in [9.17, 15) is 0 Å². The number of hydrogen-bond acceptors (Lipinski definition) is 7. The molecule has 0 saturated heterocycles. The molecule has 38 heavy (non-hydrogen) atoms. The van der Waals surface area contributed by atoms with Gasteiger partial charge in [-0.2, -0.15) is 0 Å². The van der Waals surface area contributed by atoms with E-state index in [0.717, 1.165) is 38.5 Å². The Balaban J connectivity index is 7.62. The Kier molecular flexibility index (Phi) is 19.8. The minimum atomic E-state index is -3.50. The van der Waals surface area contributed by atoms with Crippen molar-refractivity contribution in [2.24, 2.45) is 0 Å². The standard InChI is InChI=1S/C29H62O7Si2/c1-11-21-23-25-28(13-3,37(31-15-5,32-16-6)33-17-7)27(30)29(14-4,26-24-22-12-2)38(34-18-8,35-19-9)36-20-10/h11-26H2,1-10H3. The molecular weight excluding hydrogens is 516 g/mol. The lowest BCUT2D eigenvalue weighted by molar-refractivity contribution is -0.132. The molecule has 0 aromatic carbocycles. The zero-order valence-corrected chi connectivity index (χ0v) is 28.7. The van der Waals surface area contributed by atoms with Crippen molar-refractivity contribution in [1.29, 1.82) is 0 Å². The second-order valence-corrected chi connectivity index (χ2v) is 15.7. The Labute approximate surface area is 237 Å². The quantitative estimate of drug-likeness (QED) is 0.0758. The average Bonchev–Trinajstić information content (AvgIpc) is 2.90. The SMILES string of the molecule is CCCCCC(CC)(C(=O)C(CC)(CCCCC)[Si](OCC)(OCC)OCC)[Si](OCC)(OCC)OCC. The molecule has 0 N–H and O–H groups in total. The van der Waals surface area contributed by atoms with E-state index < -0.39 is 27.7 Å². The maximum absolute atomic E-state index is 15.7. The van der Waals surface area contributed by atoms with Crippen LogP contribution in [0.3, 0.4) is 0 Å². The van der Waals surface area contributed by atoms with Crippen LogP contribution in [0.2, 0.25) is 10.1 Å². The van der Waals surface area contributed by atoms with Crippen molar-refractivity contribution in [3.05, 3.63) is 0 Å². The van der Waals surface area contributed by atoms with Crippen LogP contribution < -0.4 is 0 Å². The molecule has 0 aromatic heterocycles. The summed E-state index contributed by atoms with van der Waals surface area (Å²) in [6.45, 7) is 22.9. The van der Waals surface area contributed by atoms with Crippen LogP contribution in [0, 0.1) is 0 Å². The van der Waals surface area contributed by atoms with Gasteiger partial charge in [-0.3, -0.25) is 4.79 Å². The van der Waals surface area contributed by atoms with Crippen LogP contribution in [0.25, 0.3) is 0 Å². The van der Waals surface area contributed by atoms with E-state index in [-0.39, 0.29) is 5.78 Å². The van der Waals surface area contributed by atoms with Crippen LogP contribution in [0.4, 0.5) is 0 Å². The number of rotatable bonds is 26. The van der Waals surface area contributed by atoms with Crippen molar-refractivity contribution in [2.45, 2.75) is 144 Å². The highest BCUT2D eigenvalue weighted by atomic mass is 28.4. The van der Waals surface area contributed by atoms with E-state index in [0.29, 0.717) is 65.3 Å². The minimum Gasteiger partial charge on any atom is -0.373 e. The molecule has 0 spiro atoms. The molecule has 7 nitrogen and oxygen atoms in total. The lowest BCUT2D eigenvalue weighted by atomic mass is 9.81. The summed E-state index contributed by atoms with van der Waals surface area (Å²) in [5.41, 5.74) is 0. The topological polar surface area (TPSA) is 72.5 Å². The predicted molar refractivity (Wildman–Crippen MR) is 161 cm³/mol. The number of ketones is 1. The molecule has 0 radical (unpaired) electrons. The molecule has 0 fully saturated rings. The molecule has 0 heterocycles. The van der Waals surface area contributed by atoms with Gasteiger partial charge < -0.3 is 26.6 Å². The summed E-state index contributed by atoms with van der Waals surface area (Å²) in [5.74, 6) is 0.117. The molecular formula is C29H62O7Si2. The number of carbonyl (C=O) groups excluding carboxylic acids is 1. The van der Waals surface area contributed by atoms with Gasteiger partial charge in [0.1, 0.15) is 0 Å². The van der Waals surface area contributed by atoms with Crippen molar-refractivity contribution in [1.82, 2.24) is 0 Å². The number of carbonyl (C=O) groups is 1. The van der Waals surface area contributed by atoms with Gasteiger partial charge in [0.15, 0.2) is 5.78 Å². The molecule has 0 aliphatic carbocycles. The first-order valence-electron chi connectivity index (χ1n) is 15.6. The van der Waals surface area contributed by atoms with Gasteiger partial charge >= 0.3 is 17.6 Å². The first kappa shape index (κ1) is 37.9. The minimum absolute atomic E-state index is 0.117. The smallest absolute Gasteiger partial charge is 0.373 e. The lowest BCUT2D eigenvalue weighted by Crippen LogP contribution is -2.67. The van der Waals surface area contributed by atoms with Crippen molar-refractivity contribution < 1.29 is 31.4 Å². The van der Waals surface area contributed by atoms with Gasteiger partial charge in [-0.1, -0.05) is 66.2 Å². The van der Waals surface area contributed by atoms with E-state index in [1.54, 1.807) is 0 Å². The Morgan fingerprint density at radius 1 is 0.474 bits per heavy atom. The van der Waals surface area contributed by atoms with Gasteiger partial charge in [-0.15, -0.1) is 0 Å². The number of unbranched alkanes of at least 4 members (excludes halogenated alkanes) is 4. The summed E-state index contributed by atoms with van der Waals surface area (Å²) in [5, 5.41) is -1.84. The molecule has 0 aliphatic rings. The van der Waals surface area contributed by atoms with Gasteiger partial charge in [0.05, 0.1) is 10.1 Å². The highest BCUT2D eigenvalue weighted by molar-refractivity contribution is 6.75. The first-order chi connectivity index (χ1) is 18.3. The van der Waals surface area contributed by atoms with E-state index in [4.69, 9.17) is 26.6 Å². The summed E-state index contributed by atoms with van der Waals surface area (Å²) in [6.07, 6.45) is 8.46. The fourth-order valence-electron chi connectivity index (χ4n) is 5.95. The first-order valence-corrected chi connectivity index (χ1v) is 19.1. The van der Waals surface area contributed by atoms with Crippen LogP contribution in [0.15, 0.2) is 0 Å². The second-order valence-electron chi connectivity index (χ2n) is 9.83. The van der Waals surface area contributed by atoms with Crippen molar-refractivity contribution >= 4 is 23.4 Å². The third kappa shape index (κ3) is 8.44. The Morgan fingerprint density at radius 3 is 0.921 bits per heavy atom. The molecule has 0 aliphatic heterocycles. The van der Waals surface area contributed by atoms with Gasteiger partial charge in [0, 0.05) is 39.6 Å². The summed E-state index contributed by atoms with van der Waals surface area (Å²) in [7, 11) is -7.01.